The molecule has 2 rings (SSSR count). The maximum absolute atomic E-state index is 4.37. The fourth-order valence-electron chi connectivity index (χ4n) is 2.62. The van der Waals surface area contributed by atoms with E-state index in [1.54, 1.807) is 0 Å². The van der Waals surface area contributed by atoms with Crippen LogP contribution in [-0.2, 0) is 13.1 Å². The third-order valence-electron chi connectivity index (χ3n) is 3.52. The molecule has 4 heteroatoms. The van der Waals surface area contributed by atoms with Gasteiger partial charge in [-0.25, -0.2) is 0 Å². The Morgan fingerprint density at radius 2 is 2.33 bits per heavy atom. The molecule has 1 aliphatic rings. The second-order valence-corrected chi connectivity index (χ2v) is 6.66. The summed E-state index contributed by atoms with van der Waals surface area (Å²) in [5.41, 5.74) is 1.31. The van der Waals surface area contributed by atoms with Crippen LogP contribution in [0.1, 0.15) is 45.1 Å². The van der Waals surface area contributed by atoms with Gasteiger partial charge in [-0.15, -0.1) is 0 Å². The van der Waals surface area contributed by atoms with Gasteiger partial charge in [0, 0.05) is 36.1 Å². The van der Waals surface area contributed by atoms with Gasteiger partial charge in [-0.1, -0.05) is 13.8 Å². The Morgan fingerprint density at radius 1 is 1.44 bits per heavy atom. The minimum Gasteiger partial charge on any atom is -0.310 e. The van der Waals surface area contributed by atoms with Gasteiger partial charge in [-0.05, 0) is 31.4 Å². The van der Waals surface area contributed by atoms with Gasteiger partial charge in [0.2, 0.25) is 0 Å². The van der Waals surface area contributed by atoms with E-state index in [4.69, 9.17) is 0 Å². The van der Waals surface area contributed by atoms with Crippen molar-refractivity contribution in [2.75, 3.05) is 5.75 Å². The number of aryl methyl sites for hydroxylation is 1. The van der Waals surface area contributed by atoms with E-state index in [2.05, 4.69) is 42.2 Å². The highest BCUT2D eigenvalue weighted by atomic mass is 32.2. The number of hydrogen-bond acceptors (Lipinski definition) is 3. The maximum Gasteiger partial charge on any atom is 0.0534 e. The van der Waals surface area contributed by atoms with Gasteiger partial charge in [-0.3, -0.25) is 4.68 Å². The lowest BCUT2D eigenvalue weighted by atomic mass is 10.2. The fourth-order valence-corrected chi connectivity index (χ4v) is 3.77. The summed E-state index contributed by atoms with van der Waals surface area (Å²) >= 11 is 2.12. The molecule has 1 N–H and O–H groups in total. The topological polar surface area (TPSA) is 29.9 Å². The Morgan fingerprint density at radius 3 is 3.11 bits per heavy atom. The molecule has 3 nitrogen and oxygen atoms in total. The molecular formula is C14H25N3S. The average molecular weight is 267 g/mol. The number of aromatic nitrogens is 2. The molecule has 0 radical (unpaired) electrons. The zero-order valence-electron chi connectivity index (χ0n) is 11.6. The summed E-state index contributed by atoms with van der Waals surface area (Å²) in [5.74, 6) is 1.25. The van der Waals surface area contributed by atoms with E-state index in [0.717, 1.165) is 24.8 Å². The number of nitrogens with one attached hydrogen (secondary N) is 1. The lowest BCUT2D eigenvalue weighted by molar-refractivity contribution is 0.524. The summed E-state index contributed by atoms with van der Waals surface area (Å²) < 4.78 is 2.04. The molecule has 0 aromatic carbocycles. The second kappa shape index (κ2) is 7.19. The van der Waals surface area contributed by atoms with E-state index in [0.29, 0.717) is 6.04 Å². The van der Waals surface area contributed by atoms with Crippen molar-refractivity contribution in [1.82, 2.24) is 15.1 Å². The molecule has 2 unspecified atom stereocenters. The second-order valence-electron chi connectivity index (χ2n) is 5.08. The van der Waals surface area contributed by atoms with E-state index in [9.17, 15) is 0 Å². The van der Waals surface area contributed by atoms with Crippen molar-refractivity contribution in [3.63, 3.8) is 0 Å². The SMILES string of the molecule is CCCn1cc(CNC2CCC(SCC)C2)cn1. The van der Waals surface area contributed by atoms with Gasteiger partial charge >= 0.3 is 0 Å². The van der Waals surface area contributed by atoms with E-state index < -0.39 is 0 Å². The summed E-state index contributed by atoms with van der Waals surface area (Å²) in [6.07, 6.45) is 9.36. The first-order valence-corrected chi connectivity index (χ1v) is 8.23. The van der Waals surface area contributed by atoms with Gasteiger partial charge < -0.3 is 5.32 Å². The van der Waals surface area contributed by atoms with Gasteiger partial charge in [0.25, 0.3) is 0 Å². The highest BCUT2D eigenvalue weighted by Crippen LogP contribution is 2.29. The average Bonchev–Trinajstić information content (AvgIpc) is 2.97. The van der Waals surface area contributed by atoms with E-state index >= 15 is 0 Å². The number of thioether (sulfide) groups is 1. The van der Waals surface area contributed by atoms with Gasteiger partial charge in [0.1, 0.15) is 0 Å². The minimum atomic E-state index is 0.712. The molecule has 0 aliphatic heterocycles. The molecule has 1 aromatic heterocycles. The standard InChI is InChI=1S/C14H25N3S/c1-3-7-17-11-12(10-16-17)9-15-13-5-6-14(8-13)18-4-2/h10-11,13-15H,3-9H2,1-2H3. The van der Waals surface area contributed by atoms with Crippen LogP contribution in [0.4, 0.5) is 0 Å². The molecule has 0 amide bonds. The Hall–Kier alpha value is -0.480. The molecule has 0 spiro atoms. The molecular weight excluding hydrogens is 242 g/mol. The van der Waals surface area contributed by atoms with Crippen molar-refractivity contribution < 1.29 is 0 Å². The predicted octanol–water partition coefficient (Wildman–Crippen LogP) is 3.06. The molecule has 0 saturated heterocycles. The first-order chi connectivity index (χ1) is 8.81. The van der Waals surface area contributed by atoms with E-state index in [1.165, 1.54) is 30.6 Å². The van der Waals surface area contributed by atoms with Gasteiger partial charge in [0.05, 0.1) is 6.20 Å². The third kappa shape index (κ3) is 4.02. The van der Waals surface area contributed by atoms with Crippen LogP contribution in [0.25, 0.3) is 0 Å². The van der Waals surface area contributed by atoms with Crippen LogP contribution >= 0.6 is 11.8 Å². The van der Waals surface area contributed by atoms with Crippen LogP contribution < -0.4 is 5.32 Å². The summed E-state index contributed by atoms with van der Waals surface area (Å²) in [6, 6.07) is 0.712. The summed E-state index contributed by atoms with van der Waals surface area (Å²) in [5, 5.41) is 8.93. The zero-order valence-corrected chi connectivity index (χ0v) is 12.4. The molecule has 1 aliphatic carbocycles. The van der Waals surface area contributed by atoms with Crippen LogP contribution in [0.5, 0.6) is 0 Å². The van der Waals surface area contributed by atoms with Crippen LogP contribution in [0.15, 0.2) is 12.4 Å². The Bertz CT molecular complexity index is 351. The van der Waals surface area contributed by atoms with Crippen molar-refractivity contribution >= 4 is 11.8 Å². The minimum absolute atomic E-state index is 0.712. The zero-order chi connectivity index (χ0) is 12.8. The third-order valence-corrected chi connectivity index (χ3v) is 4.75. The molecule has 18 heavy (non-hydrogen) atoms. The lowest BCUT2D eigenvalue weighted by Crippen LogP contribution is -2.26. The van der Waals surface area contributed by atoms with E-state index in [-0.39, 0.29) is 0 Å². The first kappa shape index (κ1) is 13.9. The Balaban J connectivity index is 1.71. The highest BCUT2D eigenvalue weighted by molar-refractivity contribution is 7.99. The molecule has 1 saturated carbocycles. The maximum atomic E-state index is 4.37. The Kier molecular flexibility index (Phi) is 5.57. The van der Waals surface area contributed by atoms with Gasteiger partial charge in [0.15, 0.2) is 0 Å². The monoisotopic (exact) mass is 267 g/mol. The van der Waals surface area contributed by atoms with Gasteiger partial charge in [-0.2, -0.15) is 16.9 Å². The predicted molar refractivity (Wildman–Crippen MR) is 78.9 cm³/mol. The molecule has 2 atom stereocenters. The molecule has 1 heterocycles. The smallest absolute Gasteiger partial charge is 0.0534 e. The molecule has 0 bridgehead atoms. The number of nitrogens with zero attached hydrogens (tertiary/aromatic N) is 2. The van der Waals surface area contributed by atoms with Crippen molar-refractivity contribution in [1.29, 1.82) is 0 Å². The van der Waals surface area contributed by atoms with Crippen LogP contribution in [-0.4, -0.2) is 26.8 Å². The number of rotatable bonds is 7. The van der Waals surface area contributed by atoms with Crippen molar-refractivity contribution in [2.45, 2.75) is 63.9 Å². The van der Waals surface area contributed by atoms with Crippen LogP contribution in [0.2, 0.25) is 0 Å². The van der Waals surface area contributed by atoms with Crippen LogP contribution in [0, 0.1) is 0 Å². The quantitative estimate of drug-likeness (QED) is 0.823. The fraction of sp³-hybridized carbons (Fsp3) is 0.786. The molecule has 1 fully saturated rings. The first-order valence-electron chi connectivity index (χ1n) is 7.18. The van der Waals surface area contributed by atoms with Crippen LogP contribution in [0.3, 0.4) is 0 Å². The van der Waals surface area contributed by atoms with Crippen molar-refractivity contribution in [2.24, 2.45) is 0 Å². The summed E-state index contributed by atoms with van der Waals surface area (Å²) in [4.78, 5) is 0. The number of hydrogen-bond donors (Lipinski definition) is 1. The molecule has 1 aromatic rings. The lowest BCUT2D eigenvalue weighted by Gasteiger charge is -2.12. The summed E-state index contributed by atoms with van der Waals surface area (Å²) in [6.45, 7) is 6.44. The molecule has 102 valence electrons. The summed E-state index contributed by atoms with van der Waals surface area (Å²) in [7, 11) is 0. The Labute approximate surface area is 115 Å². The normalized spacial score (nSPS) is 23.7. The highest BCUT2D eigenvalue weighted by Gasteiger charge is 2.23. The van der Waals surface area contributed by atoms with E-state index in [1.807, 2.05) is 10.9 Å². The van der Waals surface area contributed by atoms with Crippen molar-refractivity contribution in [3.8, 4) is 0 Å². The van der Waals surface area contributed by atoms with Crippen molar-refractivity contribution in [3.05, 3.63) is 18.0 Å². The largest absolute Gasteiger partial charge is 0.310 e.